The van der Waals surface area contributed by atoms with Crippen LogP contribution in [0.1, 0.15) is 33.1 Å². The third-order valence-corrected chi connectivity index (χ3v) is 1.98. The number of nitrogens with one attached hydrogen (secondary N) is 1. The number of carbonyl (C=O) groups is 1. The first-order valence-corrected chi connectivity index (χ1v) is 4.73. The van der Waals surface area contributed by atoms with E-state index in [4.69, 9.17) is 4.74 Å². The summed E-state index contributed by atoms with van der Waals surface area (Å²) in [6.07, 6.45) is 2.55. The molecule has 1 atom stereocenters. The predicted molar refractivity (Wildman–Crippen MR) is 48.5 cm³/mol. The molecule has 6 nitrogen and oxygen atoms in total. The van der Waals surface area contributed by atoms with E-state index in [9.17, 15) is 4.79 Å². The number of ether oxygens (including phenoxy) is 1. The van der Waals surface area contributed by atoms with Gasteiger partial charge in [-0.15, -0.1) is 0 Å². The maximum Gasteiger partial charge on any atom is 0.363 e. The largest absolute Gasteiger partial charge is 0.388 e. The van der Waals surface area contributed by atoms with E-state index < -0.39 is 0 Å². The Kier molecular flexibility index (Phi) is 4.03. The summed E-state index contributed by atoms with van der Waals surface area (Å²) >= 11 is 0. The van der Waals surface area contributed by atoms with Crippen LogP contribution in [0, 0.1) is 5.92 Å². The molecule has 1 rings (SSSR count). The third-order valence-electron chi connectivity index (χ3n) is 1.98. The van der Waals surface area contributed by atoms with Crippen LogP contribution in [0.4, 0.5) is 0 Å². The lowest BCUT2D eigenvalue weighted by Crippen LogP contribution is -2.20. The molecule has 0 saturated heterocycles. The van der Waals surface area contributed by atoms with Crippen LogP contribution >= 0.6 is 0 Å². The molecule has 0 fully saturated rings. The molecule has 0 aliphatic heterocycles. The summed E-state index contributed by atoms with van der Waals surface area (Å²) in [7, 11) is 0. The molecule has 0 aromatic carbocycles. The second-order valence-corrected chi connectivity index (χ2v) is 3.01. The van der Waals surface area contributed by atoms with E-state index >= 15 is 0 Å². The normalized spacial score (nSPS) is 12.4. The Hall–Kier alpha value is -1.46. The van der Waals surface area contributed by atoms with Crippen LogP contribution in [0.2, 0.25) is 0 Å². The van der Waals surface area contributed by atoms with Gasteiger partial charge in [-0.3, -0.25) is 4.79 Å². The van der Waals surface area contributed by atoms with Crippen LogP contribution in [0.3, 0.4) is 0 Å². The van der Waals surface area contributed by atoms with Crippen LogP contribution in [-0.2, 0) is 4.79 Å². The van der Waals surface area contributed by atoms with Crippen molar-refractivity contribution in [2.24, 2.45) is 5.92 Å². The average Bonchev–Trinajstić information content (AvgIpc) is 2.66. The molecule has 1 unspecified atom stereocenters. The first kappa shape index (κ1) is 10.6. The number of carbonyl (C=O) groups excluding carboxylic acids is 1. The Bertz CT molecular complexity index is 273. The molecule has 1 heterocycles. The molecular weight excluding hydrogens is 184 g/mol. The van der Waals surface area contributed by atoms with Gasteiger partial charge in [-0.05, 0) is 18.1 Å². The number of aromatic nitrogens is 4. The van der Waals surface area contributed by atoms with E-state index in [-0.39, 0.29) is 17.9 Å². The zero-order chi connectivity index (χ0) is 10.4. The van der Waals surface area contributed by atoms with Crippen molar-refractivity contribution in [2.75, 3.05) is 0 Å². The minimum atomic E-state index is -0.282. The number of nitrogens with zero attached hydrogens (tertiary/aromatic N) is 3. The molecule has 78 valence electrons. The first-order valence-electron chi connectivity index (χ1n) is 4.73. The van der Waals surface area contributed by atoms with Gasteiger partial charge in [0.05, 0.1) is 5.92 Å². The monoisotopic (exact) mass is 198 g/mol. The first-order chi connectivity index (χ1) is 6.77. The van der Waals surface area contributed by atoms with E-state index in [0.29, 0.717) is 0 Å². The van der Waals surface area contributed by atoms with E-state index in [1.807, 2.05) is 13.8 Å². The van der Waals surface area contributed by atoms with Crippen LogP contribution in [-0.4, -0.2) is 26.6 Å². The molecule has 1 N–H and O–H groups in total. The number of hydrogen-bond donors (Lipinski definition) is 1. The SMILES string of the molecule is CCCC(CC)C(=O)Oc1nn[nH]n1. The van der Waals surface area contributed by atoms with E-state index in [1.54, 1.807) is 0 Å². The van der Waals surface area contributed by atoms with E-state index in [2.05, 4.69) is 20.6 Å². The summed E-state index contributed by atoms with van der Waals surface area (Å²) < 4.78 is 4.91. The van der Waals surface area contributed by atoms with Gasteiger partial charge in [0, 0.05) is 0 Å². The Morgan fingerprint density at radius 3 is 2.86 bits per heavy atom. The van der Waals surface area contributed by atoms with Crippen molar-refractivity contribution in [2.45, 2.75) is 33.1 Å². The van der Waals surface area contributed by atoms with Gasteiger partial charge < -0.3 is 4.74 Å². The fraction of sp³-hybridized carbons (Fsp3) is 0.750. The highest BCUT2D eigenvalue weighted by Crippen LogP contribution is 2.13. The van der Waals surface area contributed by atoms with Gasteiger partial charge in [0.15, 0.2) is 0 Å². The Labute approximate surface area is 82.0 Å². The quantitative estimate of drug-likeness (QED) is 0.712. The molecule has 0 saturated carbocycles. The topological polar surface area (TPSA) is 80.8 Å². The molecule has 0 spiro atoms. The van der Waals surface area contributed by atoms with Crippen LogP contribution < -0.4 is 4.74 Å². The number of H-pyrrole nitrogens is 1. The molecule has 0 bridgehead atoms. The molecule has 0 amide bonds. The smallest absolute Gasteiger partial charge is 0.363 e. The predicted octanol–water partition coefficient (Wildman–Crippen LogP) is 0.931. The van der Waals surface area contributed by atoms with Crippen molar-refractivity contribution >= 4 is 5.97 Å². The number of aromatic amines is 1. The molecule has 0 aliphatic rings. The molecule has 6 heteroatoms. The van der Waals surface area contributed by atoms with Crippen LogP contribution in [0.15, 0.2) is 0 Å². The van der Waals surface area contributed by atoms with Crippen LogP contribution in [0.5, 0.6) is 6.01 Å². The van der Waals surface area contributed by atoms with Gasteiger partial charge in [0.1, 0.15) is 0 Å². The summed E-state index contributed by atoms with van der Waals surface area (Å²) in [5, 5.41) is 12.6. The Morgan fingerprint density at radius 2 is 2.36 bits per heavy atom. The van der Waals surface area contributed by atoms with Gasteiger partial charge in [-0.2, -0.15) is 5.21 Å². The third kappa shape index (κ3) is 2.79. The summed E-state index contributed by atoms with van der Waals surface area (Å²) in [5.41, 5.74) is 0. The van der Waals surface area contributed by atoms with E-state index in [1.165, 1.54) is 0 Å². The lowest BCUT2D eigenvalue weighted by atomic mass is 10.0. The maximum absolute atomic E-state index is 11.5. The lowest BCUT2D eigenvalue weighted by Gasteiger charge is -2.09. The minimum Gasteiger partial charge on any atom is -0.388 e. The van der Waals surface area contributed by atoms with Crippen molar-refractivity contribution in [3.8, 4) is 6.01 Å². The number of hydrogen-bond acceptors (Lipinski definition) is 5. The van der Waals surface area contributed by atoms with E-state index in [0.717, 1.165) is 19.3 Å². The van der Waals surface area contributed by atoms with Gasteiger partial charge in [0.25, 0.3) is 0 Å². The number of tetrazole rings is 1. The second kappa shape index (κ2) is 5.31. The highest BCUT2D eigenvalue weighted by molar-refractivity contribution is 5.74. The highest BCUT2D eigenvalue weighted by atomic mass is 16.6. The van der Waals surface area contributed by atoms with Crippen molar-refractivity contribution in [3.63, 3.8) is 0 Å². The lowest BCUT2D eigenvalue weighted by molar-refractivity contribution is -0.139. The maximum atomic E-state index is 11.5. The molecule has 1 aromatic rings. The summed E-state index contributed by atoms with van der Waals surface area (Å²) in [6, 6.07) is -0.00967. The van der Waals surface area contributed by atoms with Gasteiger partial charge in [0.2, 0.25) is 0 Å². The number of rotatable bonds is 5. The summed E-state index contributed by atoms with van der Waals surface area (Å²) in [5.74, 6) is -0.353. The second-order valence-electron chi connectivity index (χ2n) is 3.01. The fourth-order valence-corrected chi connectivity index (χ4v) is 1.21. The fourth-order valence-electron chi connectivity index (χ4n) is 1.21. The van der Waals surface area contributed by atoms with Gasteiger partial charge in [-0.25, -0.2) is 0 Å². The molecular formula is C8H14N4O2. The molecule has 0 aliphatic carbocycles. The van der Waals surface area contributed by atoms with Crippen molar-refractivity contribution in [3.05, 3.63) is 0 Å². The highest BCUT2D eigenvalue weighted by Gasteiger charge is 2.19. The Morgan fingerprint density at radius 1 is 1.57 bits per heavy atom. The Balaban J connectivity index is 2.47. The zero-order valence-electron chi connectivity index (χ0n) is 8.36. The summed E-state index contributed by atoms with van der Waals surface area (Å²) in [4.78, 5) is 11.5. The summed E-state index contributed by atoms with van der Waals surface area (Å²) in [6.45, 7) is 3.99. The van der Waals surface area contributed by atoms with Gasteiger partial charge in [-0.1, -0.05) is 30.5 Å². The van der Waals surface area contributed by atoms with Crippen molar-refractivity contribution < 1.29 is 9.53 Å². The molecule has 0 radical (unpaired) electrons. The van der Waals surface area contributed by atoms with Gasteiger partial charge >= 0.3 is 12.0 Å². The standard InChI is InChI=1S/C8H14N4O2/c1-3-5-6(4-2)7(13)14-8-9-11-12-10-8/h6H,3-5H2,1-2H3,(H,9,10,11,12). The molecule has 14 heavy (non-hydrogen) atoms. The zero-order valence-corrected chi connectivity index (χ0v) is 8.36. The van der Waals surface area contributed by atoms with Crippen molar-refractivity contribution in [1.29, 1.82) is 0 Å². The van der Waals surface area contributed by atoms with Crippen molar-refractivity contribution in [1.82, 2.24) is 20.6 Å². The minimum absolute atomic E-state index is 0.00967. The number of esters is 1. The average molecular weight is 198 g/mol. The molecule has 1 aromatic heterocycles. The van der Waals surface area contributed by atoms with Crippen LogP contribution in [0.25, 0.3) is 0 Å².